The largest absolute Gasteiger partial charge is 0.480 e. The first-order chi connectivity index (χ1) is 9.51. The maximum Gasteiger partial charge on any atom is 0.323 e. The fourth-order valence-electron chi connectivity index (χ4n) is 3.27. The van der Waals surface area contributed by atoms with E-state index in [0.717, 1.165) is 32.1 Å². The zero-order chi connectivity index (χ0) is 14.7. The van der Waals surface area contributed by atoms with Crippen LogP contribution in [-0.4, -0.2) is 41.1 Å². The Labute approximate surface area is 120 Å². The number of nitrogens with zero attached hydrogens (tertiary/aromatic N) is 1. The maximum absolute atomic E-state index is 12.3. The van der Waals surface area contributed by atoms with Gasteiger partial charge in [0.05, 0.1) is 0 Å². The van der Waals surface area contributed by atoms with Crippen LogP contribution in [-0.2, 0) is 4.79 Å². The van der Waals surface area contributed by atoms with Gasteiger partial charge in [0.1, 0.15) is 6.54 Å². The average Bonchev–Trinajstić information content (AvgIpc) is 3.13. The van der Waals surface area contributed by atoms with E-state index in [9.17, 15) is 9.59 Å². The van der Waals surface area contributed by atoms with Crippen molar-refractivity contribution >= 4 is 12.0 Å². The zero-order valence-corrected chi connectivity index (χ0v) is 12.5. The molecule has 0 saturated heterocycles. The van der Waals surface area contributed by atoms with Gasteiger partial charge < -0.3 is 15.3 Å². The summed E-state index contributed by atoms with van der Waals surface area (Å²) in [7, 11) is 0. The smallest absolute Gasteiger partial charge is 0.323 e. The van der Waals surface area contributed by atoms with Crippen LogP contribution in [0.1, 0.15) is 46.0 Å². The van der Waals surface area contributed by atoms with Crippen LogP contribution in [0.15, 0.2) is 0 Å². The monoisotopic (exact) mass is 282 g/mol. The van der Waals surface area contributed by atoms with Crippen molar-refractivity contribution < 1.29 is 14.7 Å². The topological polar surface area (TPSA) is 69.6 Å². The summed E-state index contributed by atoms with van der Waals surface area (Å²) in [5.41, 5.74) is 0. The van der Waals surface area contributed by atoms with Gasteiger partial charge in [-0.25, -0.2) is 4.79 Å². The van der Waals surface area contributed by atoms with E-state index in [4.69, 9.17) is 5.11 Å². The van der Waals surface area contributed by atoms with Crippen molar-refractivity contribution in [3.05, 3.63) is 0 Å². The number of carbonyl (C=O) groups is 2. The Morgan fingerprint density at radius 2 is 1.95 bits per heavy atom. The molecular weight excluding hydrogens is 256 g/mol. The molecule has 2 rings (SSSR count). The molecule has 5 nitrogen and oxygen atoms in total. The summed E-state index contributed by atoms with van der Waals surface area (Å²) in [6.45, 7) is 4.76. The molecule has 3 unspecified atom stereocenters. The number of carboxylic acids is 1. The van der Waals surface area contributed by atoms with E-state index in [-0.39, 0.29) is 18.6 Å². The highest BCUT2D eigenvalue weighted by molar-refractivity contribution is 5.80. The summed E-state index contributed by atoms with van der Waals surface area (Å²) in [6.07, 6.45) is 5.54. The number of hydrogen-bond donors (Lipinski definition) is 2. The molecule has 2 aliphatic rings. The van der Waals surface area contributed by atoms with Gasteiger partial charge in [0.15, 0.2) is 0 Å². The third kappa shape index (κ3) is 3.87. The van der Waals surface area contributed by atoms with Crippen molar-refractivity contribution in [2.75, 3.05) is 13.1 Å². The number of urea groups is 1. The molecule has 2 aliphatic carbocycles. The minimum absolute atomic E-state index is 0.194. The average molecular weight is 282 g/mol. The summed E-state index contributed by atoms with van der Waals surface area (Å²) < 4.78 is 0. The lowest BCUT2D eigenvalue weighted by Crippen LogP contribution is -2.48. The van der Waals surface area contributed by atoms with Crippen molar-refractivity contribution in [3.8, 4) is 0 Å². The first kappa shape index (κ1) is 15.1. The zero-order valence-electron chi connectivity index (χ0n) is 12.5. The molecule has 2 amide bonds. The molecule has 0 aromatic heterocycles. The van der Waals surface area contributed by atoms with E-state index in [1.165, 1.54) is 4.90 Å². The lowest BCUT2D eigenvalue weighted by atomic mass is 9.93. The normalized spacial score (nSPS) is 29.2. The van der Waals surface area contributed by atoms with Crippen LogP contribution in [0.5, 0.6) is 0 Å². The van der Waals surface area contributed by atoms with Crippen LogP contribution in [0.25, 0.3) is 0 Å². The van der Waals surface area contributed by atoms with Gasteiger partial charge in [-0.15, -0.1) is 0 Å². The summed E-state index contributed by atoms with van der Waals surface area (Å²) in [6, 6.07) is -0.00384. The fourth-order valence-corrected chi connectivity index (χ4v) is 3.27. The Kier molecular flexibility index (Phi) is 4.89. The first-order valence-electron chi connectivity index (χ1n) is 7.78. The fraction of sp³-hybridized carbons (Fsp3) is 0.867. The van der Waals surface area contributed by atoms with E-state index in [0.29, 0.717) is 24.3 Å². The lowest BCUT2D eigenvalue weighted by molar-refractivity contribution is -0.137. The molecule has 0 spiro atoms. The van der Waals surface area contributed by atoms with Crippen LogP contribution in [0.2, 0.25) is 0 Å². The predicted molar refractivity (Wildman–Crippen MR) is 76.4 cm³/mol. The SMILES string of the molecule is CCC1CCC(NC(=O)N(CC(=O)O)CC2CC2)C1C. The highest BCUT2D eigenvalue weighted by atomic mass is 16.4. The Morgan fingerprint density at radius 1 is 1.25 bits per heavy atom. The maximum atomic E-state index is 12.3. The first-order valence-corrected chi connectivity index (χ1v) is 7.78. The van der Waals surface area contributed by atoms with Gasteiger partial charge in [-0.2, -0.15) is 0 Å². The number of rotatable bonds is 6. The van der Waals surface area contributed by atoms with Gasteiger partial charge in [-0.05, 0) is 43.4 Å². The van der Waals surface area contributed by atoms with E-state index in [2.05, 4.69) is 19.2 Å². The molecular formula is C15H26N2O3. The molecule has 0 heterocycles. The lowest BCUT2D eigenvalue weighted by Gasteiger charge is -2.26. The van der Waals surface area contributed by atoms with Gasteiger partial charge in [-0.1, -0.05) is 20.3 Å². The summed E-state index contributed by atoms with van der Waals surface area (Å²) in [5.74, 6) is 0.726. The highest BCUT2D eigenvalue weighted by Crippen LogP contribution is 2.34. The summed E-state index contributed by atoms with van der Waals surface area (Å²) >= 11 is 0. The van der Waals surface area contributed by atoms with E-state index < -0.39 is 5.97 Å². The van der Waals surface area contributed by atoms with E-state index in [1.54, 1.807) is 0 Å². The third-order valence-corrected chi connectivity index (χ3v) is 4.85. The molecule has 2 fully saturated rings. The van der Waals surface area contributed by atoms with Gasteiger partial charge in [0, 0.05) is 12.6 Å². The third-order valence-electron chi connectivity index (χ3n) is 4.85. The molecule has 2 saturated carbocycles. The van der Waals surface area contributed by atoms with Crippen LogP contribution in [0.3, 0.4) is 0 Å². The summed E-state index contributed by atoms with van der Waals surface area (Å²) in [5, 5.41) is 12.0. The van der Waals surface area contributed by atoms with Gasteiger partial charge in [-0.3, -0.25) is 4.79 Å². The van der Waals surface area contributed by atoms with Crippen LogP contribution in [0.4, 0.5) is 4.79 Å². The molecule has 2 N–H and O–H groups in total. The Morgan fingerprint density at radius 3 is 2.45 bits per heavy atom. The van der Waals surface area contributed by atoms with Crippen molar-refractivity contribution in [2.24, 2.45) is 17.8 Å². The van der Waals surface area contributed by atoms with Crippen molar-refractivity contribution in [1.29, 1.82) is 0 Å². The quantitative estimate of drug-likeness (QED) is 0.785. The number of carboxylic acid groups (broad SMARTS) is 1. The standard InChI is InChI=1S/C15H26N2O3/c1-3-12-6-7-13(10(12)2)16-15(20)17(9-14(18)19)8-11-4-5-11/h10-13H,3-9H2,1-2H3,(H,16,20)(H,18,19). The Balaban J connectivity index is 1.88. The van der Waals surface area contributed by atoms with Crippen LogP contribution >= 0.6 is 0 Å². The molecule has 5 heteroatoms. The van der Waals surface area contributed by atoms with Gasteiger partial charge in [0.2, 0.25) is 0 Å². The van der Waals surface area contributed by atoms with Crippen molar-refractivity contribution in [1.82, 2.24) is 10.2 Å². The number of amides is 2. The molecule has 0 aliphatic heterocycles. The van der Waals surface area contributed by atoms with E-state index in [1.807, 2.05) is 0 Å². The minimum Gasteiger partial charge on any atom is -0.480 e. The second-order valence-electron chi connectivity index (χ2n) is 6.38. The Bertz CT molecular complexity index is 368. The molecule has 0 radical (unpaired) electrons. The van der Waals surface area contributed by atoms with Crippen LogP contribution in [0, 0.1) is 17.8 Å². The van der Waals surface area contributed by atoms with Gasteiger partial charge >= 0.3 is 12.0 Å². The second-order valence-corrected chi connectivity index (χ2v) is 6.38. The summed E-state index contributed by atoms with van der Waals surface area (Å²) in [4.78, 5) is 24.6. The molecule has 114 valence electrons. The van der Waals surface area contributed by atoms with Gasteiger partial charge in [0.25, 0.3) is 0 Å². The molecule has 0 aromatic carbocycles. The van der Waals surface area contributed by atoms with Crippen LogP contribution < -0.4 is 5.32 Å². The van der Waals surface area contributed by atoms with Crippen molar-refractivity contribution in [2.45, 2.75) is 52.0 Å². The minimum atomic E-state index is -0.938. The number of carbonyl (C=O) groups excluding carboxylic acids is 1. The molecule has 3 atom stereocenters. The second kappa shape index (κ2) is 6.46. The number of nitrogens with one attached hydrogen (secondary N) is 1. The molecule has 0 bridgehead atoms. The number of aliphatic carboxylic acids is 1. The Hall–Kier alpha value is -1.26. The molecule has 20 heavy (non-hydrogen) atoms. The predicted octanol–water partition coefficient (Wildman–Crippen LogP) is 2.32. The van der Waals surface area contributed by atoms with Crippen molar-refractivity contribution in [3.63, 3.8) is 0 Å². The highest BCUT2D eigenvalue weighted by Gasteiger charge is 2.34. The number of hydrogen-bond acceptors (Lipinski definition) is 2. The van der Waals surface area contributed by atoms with E-state index >= 15 is 0 Å². The molecule has 0 aromatic rings.